The molecule has 1 atom stereocenters. The van der Waals surface area contributed by atoms with E-state index >= 15 is 0 Å². The van der Waals surface area contributed by atoms with Crippen LogP contribution in [-0.4, -0.2) is 32.8 Å². The standard InChI is InChI=1S/C21H23NO6S/c1-4-27-20(23)16-11-7-5-6-8-14(11)29-19(16)22-18-12-9-10-13(25-2)17(26-3)15(12)21(24)28-18/h9-10,18,22H,4-8H2,1-3H3/t18-/m0/s1. The van der Waals surface area contributed by atoms with Crippen molar-refractivity contribution in [1.29, 1.82) is 0 Å². The van der Waals surface area contributed by atoms with Crippen LogP contribution in [0.2, 0.25) is 0 Å². The molecular weight excluding hydrogens is 394 g/mol. The van der Waals surface area contributed by atoms with Crippen LogP contribution in [0.4, 0.5) is 5.00 Å². The van der Waals surface area contributed by atoms with Crippen molar-refractivity contribution in [1.82, 2.24) is 0 Å². The molecule has 0 saturated heterocycles. The molecule has 1 N–H and O–H groups in total. The third kappa shape index (κ3) is 3.31. The van der Waals surface area contributed by atoms with Gasteiger partial charge in [0.2, 0.25) is 6.23 Å². The lowest BCUT2D eigenvalue weighted by molar-refractivity contribution is 0.0435. The maximum atomic E-state index is 12.7. The van der Waals surface area contributed by atoms with Crippen molar-refractivity contribution < 1.29 is 28.5 Å². The molecule has 2 aliphatic rings. The van der Waals surface area contributed by atoms with Crippen LogP contribution in [0.3, 0.4) is 0 Å². The average Bonchev–Trinajstić information content (AvgIpc) is 3.25. The number of benzene rings is 1. The van der Waals surface area contributed by atoms with Gasteiger partial charge in [-0.2, -0.15) is 0 Å². The lowest BCUT2D eigenvalue weighted by Crippen LogP contribution is -2.14. The first-order chi connectivity index (χ1) is 14.1. The van der Waals surface area contributed by atoms with Crippen LogP contribution in [0, 0.1) is 0 Å². The molecule has 2 heterocycles. The van der Waals surface area contributed by atoms with Crippen LogP contribution < -0.4 is 14.8 Å². The van der Waals surface area contributed by atoms with Gasteiger partial charge in [-0.25, -0.2) is 9.59 Å². The maximum absolute atomic E-state index is 12.7. The van der Waals surface area contributed by atoms with Crippen LogP contribution in [-0.2, 0) is 22.3 Å². The molecule has 1 aliphatic heterocycles. The van der Waals surface area contributed by atoms with E-state index in [2.05, 4.69) is 5.32 Å². The predicted octanol–water partition coefficient (Wildman–Crippen LogP) is 4.10. The van der Waals surface area contributed by atoms with E-state index in [9.17, 15) is 9.59 Å². The molecule has 7 nitrogen and oxygen atoms in total. The monoisotopic (exact) mass is 417 g/mol. The normalized spacial score (nSPS) is 17.2. The number of hydrogen-bond acceptors (Lipinski definition) is 8. The lowest BCUT2D eigenvalue weighted by atomic mass is 9.95. The second kappa shape index (κ2) is 7.94. The van der Waals surface area contributed by atoms with Crippen molar-refractivity contribution in [3.8, 4) is 11.5 Å². The van der Waals surface area contributed by atoms with Crippen LogP contribution in [0.1, 0.15) is 62.7 Å². The molecule has 0 radical (unpaired) electrons. The highest BCUT2D eigenvalue weighted by atomic mass is 32.1. The SMILES string of the molecule is CCOC(=O)c1c(N[C@H]2OC(=O)c3c2ccc(OC)c3OC)sc2c1CCCC2. The minimum Gasteiger partial charge on any atom is -0.493 e. The van der Waals surface area contributed by atoms with Crippen molar-refractivity contribution in [2.75, 3.05) is 26.1 Å². The number of carbonyl (C=O) groups excluding carboxylic acids is 2. The van der Waals surface area contributed by atoms with E-state index in [0.29, 0.717) is 39.8 Å². The molecule has 0 bridgehead atoms. The number of nitrogens with one attached hydrogen (secondary N) is 1. The van der Waals surface area contributed by atoms with Crippen LogP contribution in [0.5, 0.6) is 11.5 Å². The summed E-state index contributed by atoms with van der Waals surface area (Å²) in [6.45, 7) is 2.10. The van der Waals surface area contributed by atoms with E-state index < -0.39 is 12.2 Å². The summed E-state index contributed by atoms with van der Waals surface area (Å²) >= 11 is 1.54. The van der Waals surface area contributed by atoms with E-state index in [1.807, 2.05) is 0 Å². The highest BCUT2D eigenvalue weighted by molar-refractivity contribution is 7.16. The summed E-state index contributed by atoms with van der Waals surface area (Å²) in [5.74, 6) is -0.0310. The number of aryl methyl sites for hydroxylation is 1. The van der Waals surface area contributed by atoms with Gasteiger partial charge in [-0.1, -0.05) is 0 Å². The van der Waals surface area contributed by atoms with Crippen molar-refractivity contribution in [3.05, 3.63) is 39.3 Å². The summed E-state index contributed by atoms with van der Waals surface area (Å²) in [5.41, 5.74) is 2.60. The Morgan fingerprint density at radius 2 is 2.03 bits per heavy atom. The minimum absolute atomic E-state index is 0.307. The first kappa shape index (κ1) is 19.6. The molecular formula is C21H23NO6S. The first-order valence-electron chi connectivity index (χ1n) is 9.63. The summed E-state index contributed by atoms with van der Waals surface area (Å²) < 4.78 is 21.5. The topological polar surface area (TPSA) is 83.1 Å². The van der Waals surface area contributed by atoms with Gasteiger partial charge in [0.15, 0.2) is 11.5 Å². The molecule has 2 aromatic rings. The molecule has 0 unspecified atom stereocenters. The van der Waals surface area contributed by atoms with E-state index in [1.54, 1.807) is 19.1 Å². The molecule has 1 aromatic carbocycles. The maximum Gasteiger partial charge on any atom is 0.344 e. The van der Waals surface area contributed by atoms with Crippen molar-refractivity contribution in [3.63, 3.8) is 0 Å². The quantitative estimate of drug-likeness (QED) is 0.709. The number of ether oxygens (including phenoxy) is 4. The van der Waals surface area contributed by atoms with Crippen LogP contribution >= 0.6 is 11.3 Å². The van der Waals surface area contributed by atoms with Crippen molar-refractivity contribution in [2.45, 2.75) is 38.8 Å². The molecule has 0 spiro atoms. The third-order valence-electron chi connectivity index (χ3n) is 5.20. The van der Waals surface area contributed by atoms with Crippen molar-refractivity contribution >= 4 is 28.3 Å². The summed E-state index contributed by atoms with van der Waals surface area (Å²) in [4.78, 5) is 26.4. The van der Waals surface area contributed by atoms with E-state index in [-0.39, 0.29) is 5.97 Å². The minimum atomic E-state index is -0.717. The Hall–Kier alpha value is -2.74. The fourth-order valence-electron chi connectivity index (χ4n) is 3.91. The smallest absolute Gasteiger partial charge is 0.344 e. The Kier molecular flexibility index (Phi) is 5.36. The zero-order chi connectivity index (χ0) is 20.5. The zero-order valence-electron chi connectivity index (χ0n) is 16.6. The van der Waals surface area contributed by atoms with Crippen LogP contribution in [0.25, 0.3) is 0 Å². The number of anilines is 1. The van der Waals surface area contributed by atoms with E-state index in [1.165, 1.54) is 30.4 Å². The predicted molar refractivity (Wildman–Crippen MR) is 108 cm³/mol. The van der Waals surface area contributed by atoms with Gasteiger partial charge in [-0.05, 0) is 50.3 Å². The van der Waals surface area contributed by atoms with Gasteiger partial charge < -0.3 is 24.3 Å². The number of esters is 2. The highest BCUT2D eigenvalue weighted by Crippen LogP contribution is 2.45. The molecule has 1 aromatic heterocycles. The molecule has 8 heteroatoms. The zero-order valence-corrected chi connectivity index (χ0v) is 17.4. The van der Waals surface area contributed by atoms with Gasteiger partial charge in [0.25, 0.3) is 0 Å². The van der Waals surface area contributed by atoms with Gasteiger partial charge in [-0.15, -0.1) is 11.3 Å². The van der Waals surface area contributed by atoms with Gasteiger partial charge in [0, 0.05) is 10.4 Å². The molecule has 0 saturated carbocycles. The van der Waals surface area contributed by atoms with Crippen LogP contribution in [0.15, 0.2) is 12.1 Å². The number of cyclic esters (lactones) is 1. The van der Waals surface area contributed by atoms with Crippen molar-refractivity contribution in [2.24, 2.45) is 0 Å². The number of carbonyl (C=O) groups is 2. The Morgan fingerprint density at radius 1 is 1.24 bits per heavy atom. The summed E-state index contributed by atoms with van der Waals surface area (Å²) in [5, 5.41) is 3.94. The fourth-order valence-corrected chi connectivity index (χ4v) is 5.21. The largest absolute Gasteiger partial charge is 0.493 e. The number of thiophene rings is 1. The molecule has 154 valence electrons. The Bertz CT molecular complexity index is 967. The second-order valence-electron chi connectivity index (χ2n) is 6.83. The molecule has 4 rings (SSSR count). The van der Waals surface area contributed by atoms with E-state index in [0.717, 1.165) is 31.2 Å². The third-order valence-corrected chi connectivity index (χ3v) is 6.43. The number of rotatable bonds is 6. The average molecular weight is 417 g/mol. The summed E-state index contributed by atoms with van der Waals surface area (Å²) in [6.07, 6.45) is 3.24. The number of methoxy groups -OCH3 is 2. The molecule has 0 amide bonds. The molecule has 0 fully saturated rings. The van der Waals surface area contributed by atoms with Gasteiger partial charge in [0.1, 0.15) is 10.6 Å². The van der Waals surface area contributed by atoms with Gasteiger partial charge in [0.05, 0.1) is 26.4 Å². The summed E-state index contributed by atoms with van der Waals surface area (Å²) in [7, 11) is 3.00. The Morgan fingerprint density at radius 3 is 2.76 bits per heavy atom. The van der Waals surface area contributed by atoms with E-state index in [4.69, 9.17) is 18.9 Å². The Balaban J connectivity index is 1.72. The molecule has 1 aliphatic carbocycles. The second-order valence-corrected chi connectivity index (χ2v) is 7.94. The number of fused-ring (bicyclic) bond motifs is 2. The summed E-state index contributed by atoms with van der Waals surface area (Å²) in [6, 6.07) is 3.51. The first-order valence-corrected chi connectivity index (χ1v) is 10.4. The molecule has 29 heavy (non-hydrogen) atoms. The fraction of sp³-hybridized carbons (Fsp3) is 0.429. The lowest BCUT2D eigenvalue weighted by Gasteiger charge is -2.16. The van der Waals surface area contributed by atoms with Gasteiger partial charge in [-0.3, -0.25) is 0 Å². The van der Waals surface area contributed by atoms with Gasteiger partial charge >= 0.3 is 11.9 Å². The number of hydrogen-bond donors (Lipinski definition) is 1. The Labute approximate surface area is 172 Å². The highest BCUT2D eigenvalue weighted by Gasteiger charge is 2.37.